The topological polar surface area (TPSA) is 9.23 Å². The third kappa shape index (κ3) is 2.31. The van der Waals surface area contributed by atoms with Gasteiger partial charge in [-0.25, -0.2) is 0 Å². The van der Waals surface area contributed by atoms with Crippen LogP contribution in [0.25, 0.3) is 0 Å². The average molecular weight is 222 g/mol. The molecule has 0 aromatic heterocycles. The number of benzene rings is 1. The number of rotatable bonds is 4. The minimum atomic E-state index is 0.374. The van der Waals surface area contributed by atoms with Crippen LogP contribution in [0.4, 0.5) is 0 Å². The Bertz CT molecular complexity index is 356. The molecule has 0 spiro atoms. The Balaban J connectivity index is 2.02. The van der Waals surface area contributed by atoms with Crippen molar-refractivity contribution in [3.05, 3.63) is 29.3 Å². The van der Waals surface area contributed by atoms with Gasteiger partial charge in [-0.15, -0.1) is 0 Å². The summed E-state index contributed by atoms with van der Waals surface area (Å²) in [6, 6.07) is 6.22. The Kier molecular flexibility index (Phi) is 2.96. The van der Waals surface area contributed by atoms with Gasteiger partial charge in [-0.05, 0) is 49.6 Å². The van der Waals surface area contributed by atoms with E-state index in [-0.39, 0.29) is 0 Å². The van der Waals surface area contributed by atoms with Gasteiger partial charge in [-0.1, -0.05) is 12.1 Å². The van der Waals surface area contributed by atoms with Gasteiger partial charge < -0.3 is 4.74 Å². The molecule has 2 rings (SSSR count). The van der Waals surface area contributed by atoms with Crippen molar-refractivity contribution in [2.75, 3.05) is 12.4 Å². The van der Waals surface area contributed by atoms with E-state index in [0.717, 1.165) is 18.1 Å². The van der Waals surface area contributed by atoms with E-state index in [2.05, 4.69) is 44.7 Å². The van der Waals surface area contributed by atoms with Crippen molar-refractivity contribution in [3.8, 4) is 5.75 Å². The number of hydrogen-bond donors (Lipinski definition) is 1. The second-order valence-electron chi connectivity index (χ2n) is 4.64. The van der Waals surface area contributed by atoms with Gasteiger partial charge in [0.1, 0.15) is 5.75 Å². The summed E-state index contributed by atoms with van der Waals surface area (Å²) in [5.41, 5.74) is 2.93. The Morgan fingerprint density at radius 3 is 2.67 bits per heavy atom. The van der Waals surface area contributed by atoms with Crippen LogP contribution in [0.3, 0.4) is 0 Å². The van der Waals surface area contributed by atoms with Gasteiger partial charge in [0.05, 0.1) is 6.61 Å². The minimum Gasteiger partial charge on any atom is -0.493 e. The van der Waals surface area contributed by atoms with Crippen LogP contribution >= 0.6 is 12.6 Å². The molecule has 1 aliphatic rings. The molecule has 1 nitrogen and oxygen atoms in total. The Morgan fingerprint density at radius 1 is 1.33 bits per heavy atom. The summed E-state index contributed by atoms with van der Waals surface area (Å²) in [5.74, 6) is 1.97. The maximum atomic E-state index is 5.89. The quantitative estimate of drug-likeness (QED) is 0.768. The van der Waals surface area contributed by atoms with Crippen LogP contribution in [0.15, 0.2) is 18.2 Å². The fourth-order valence-corrected chi connectivity index (χ4v) is 2.04. The number of ether oxygens (including phenoxy) is 1. The summed E-state index contributed by atoms with van der Waals surface area (Å²) < 4.78 is 5.89. The van der Waals surface area contributed by atoms with Gasteiger partial charge in [0.15, 0.2) is 0 Å². The third-order valence-corrected chi connectivity index (χ3v) is 4.05. The Hall–Kier alpha value is -0.630. The Labute approximate surface area is 97.2 Å². The highest BCUT2D eigenvalue weighted by atomic mass is 32.1. The highest BCUT2D eigenvalue weighted by molar-refractivity contribution is 7.80. The molecule has 1 aliphatic carbocycles. The molecule has 0 saturated heterocycles. The number of hydrogen-bond acceptors (Lipinski definition) is 2. The van der Waals surface area contributed by atoms with Crippen LogP contribution in [0.5, 0.6) is 5.75 Å². The molecule has 82 valence electrons. The molecule has 0 bridgehead atoms. The molecular formula is C13H18OS. The van der Waals surface area contributed by atoms with E-state index in [0.29, 0.717) is 5.41 Å². The first kappa shape index (κ1) is 10.9. The summed E-state index contributed by atoms with van der Waals surface area (Å²) in [6.07, 6.45) is 2.53. The molecule has 1 fully saturated rings. The summed E-state index contributed by atoms with van der Waals surface area (Å²) in [6.45, 7) is 5.05. The zero-order chi connectivity index (χ0) is 10.9. The van der Waals surface area contributed by atoms with Gasteiger partial charge >= 0.3 is 0 Å². The molecule has 0 heterocycles. The zero-order valence-electron chi connectivity index (χ0n) is 9.42. The standard InChI is InChI=1S/C13H18OS/c1-10-4-3-5-12(11(10)2)14-8-13(9-15)6-7-13/h3-5,15H,6-9H2,1-2H3. The molecule has 0 N–H and O–H groups in total. The van der Waals surface area contributed by atoms with E-state index in [1.807, 2.05) is 0 Å². The molecule has 1 aromatic carbocycles. The smallest absolute Gasteiger partial charge is 0.122 e. The van der Waals surface area contributed by atoms with Crippen molar-refractivity contribution >= 4 is 12.6 Å². The highest BCUT2D eigenvalue weighted by Crippen LogP contribution is 2.46. The van der Waals surface area contributed by atoms with Gasteiger partial charge in [0, 0.05) is 5.41 Å². The van der Waals surface area contributed by atoms with Gasteiger partial charge in [0.25, 0.3) is 0 Å². The van der Waals surface area contributed by atoms with Crippen LogP contribution in [-0.2, 0) is 0 Å². The third-order valence-electron chi connectivity index (χ3n) is 3.38. The van der Waals surface area contributed by atoms with Crippen LogP contribution in [-0.4, -0.2) is 12.4 Å². The van der Waals surface area contributed by atoms with E-state index in [1.165, 1.54) is 24.0 Å². The van der Waals surface area contributed by atoms with Gasteiger partial charge in [-0.2, -0.15) is 12.6 Å². The molecule has 0 aliphatic heterocycles. The number of aryl methyl sites for hydroxylation is 1. The average Bonchev–Trinajstić information content (AvgIpc) is 3.01. The van der Waals surface area contributed by atoms with E-state index >= 15 is 0 Å². The van der Waals surface area contributed by atoms with E-state index in [9.17, 15) is 0 Å². The maximum absolute atomic E-state index is 5.89. The summed E-state index contributed by atoms with van der Waals surface area (Å²) in [7, 11) is 0. The molecule has 0 radical (unpaired) electrons. The molecule has 0 unspecified atom stereocenters. The lowest BCUT2D eigenvalue weighted by Crippen LogP contribution is -2.15. The molecule has 1 aromatic rings. The second kappa shape index (κ2) is 4.09. The summed E-state index contributed by atoms with van der Waals surface area (Å²) >= 11 is 4.38. The molecule has 0 amide bonds. The SMILES string of the molecule is Cc1cccc(OCC2(CS)CC2)c1C. The van der Waals surface area contributed by atoms with Crippen LogP contribution in [0, 0.1) is 19.3 Å². The second-order valence-corrected chi connectivity index (χ2v) is 4.96. The fraction of sp³-hybridized carbons (Fsp3) is 0.538. The lowest BCUT2D eigenvalue weighted by Gasteiger charge is -2.15. The summed E-state index contributed by atoms with van der Waals surface area (Å²) in [4.78, 5) is 0. The minimum absolute atomic E-state index is 0.374. The largest absolute Gasteiger partial charge is 0.493 e. The monoisotopic (exact) mass is 222 g/mol. The predicted octanol–water partition coefficient (Wildman–Crippen LogP) is 3.39. The van der Waals surface area contributed by atoms with Crippen molar-refractivity contribution in [2.24, 2.45) is 5.41 Å². The lowest BCUT2D eigenvalue weighted by atomic mass is 10.1. The van der Waals surface area contributed by atoms with Crippen LogP contribution < -0.4 is 4.74 Å². The normalized spacial score (nSPS) is 17.5. The van der Waals surface area contributed by atoms with Crippen molar-refractivity contribution in [2.45, 2.75) is 26.7 Å². The maximum Gasteiger partial charge on any atom is 0.122 e. The predicted molar refractivity (Wildman–Crippen MR) is 66.9 cm³/mol. The summed E-state index contributed by atoms with van der Waals surface area (Å²) in [5, 5.41) is 0. The lowest BCUT2D eigenvalue weighted by molar-refractivity contribution is 0.249. The molecule has 2 heteroatoms. The highest BCUT2D eigenvalue weighted by Gasteiger charge is 2.42. The number of thiol groups is 1. The van der Waals surface area contributed by atoms with E-state index < -0.39 is 0 Å². The first-order valence-electron chi connectivity index (χ1n) is 5.47. The zero-order valence-corrected chi connectivity index (χ0v) is 10.3. The molecule has 0 atom stereocenters. The van der Waals surface area contributed by atoms with Gasteiger partial charge in [-0.3, -0.25) is 0 Å². The fourth-order valence-electron chi connectivity index (χ4n) is 1.64. The van der Waals surface area contributed by atoms with Crippen LogP contribution in [0.2, 0.25) is 0 Å². The van der Waals surface area contributed by atoms with Crippen molar-refractivity contribution < 1.29 is 4.74 Å². The molecular weight excluding hydrogens is 204 g/mol. The molecule has 15 heavy (non-hydrogen) atoms. The van der Waals surface area contributed by atoms with Crippen molar-refractivity contribution in [1.82, 2.24) is 0 Å². The first-order valence-corrected chi connectivity index (χ1v) is 6.10. The van der Waals surface area contributed by atoms with Crippen molar-refractivity contribution in [1.29, 1.82) is 0 Å². The van der Waals surface area contributed by atoms with E-state index in [4.69, 9.17) is 4.74 Å². The van der Waals surface area contributed by atoms with Crippen molar-refractivity contribution in [3.63, 3.8) is 0 Å². The molecule has 1 saturated carbocycles. The van der Waals surface area contributed by atoms with E-state index in [1.54, 1.807) is 0 Å². The Morgan fingerprint density at radius 2 is 2.07 bits per heavy atom. The first-order chi connectivity index (χ1) is 7.17. The van der Waals surface area contributed by atoms with Crippen LogP contribution in [0.1, 0.15) is 24.0 Å². The van der Waals surface area contributed by atoms with Gasteiger partial charge in [0.2, 0.25) is 0 Å².